The van der Waals surface area contributed by atoms with Gasteiger partial charge in [0, 0.05) is 19.6 Å². The molecule has 1 aliphatic carbocycles. The minimum atomic E-state index is 0.499. The Hall–Kier alpha value is 0.270. The maximum atomic E-state index is 4.70. The lowest BCUT2D eigenvalue weighted by atomic mass is 9.81. The molecule has 1 aliphatic heterocycles. The highest BCUT2D eigenvalue weighted by atomic mass is 32.1. The van der Waals surface area contributed by atoms with E-state index in [1.54, 1.807) is 0 Å². The van der Waals surface area contributed by atoms with Gasteiger partial charge in [-0.05, 0) is 57.0 Å². The van der Waals surface area contributed by atoms with E-state index in [0.29, 0.717) is 5.41 Å². The highest BCUT2D eigenvalue weighted by molar-refractivity contribution is 7.80. The minimum Gasteiger partial charge on any atom is -0.306 e. The second-order valence-electron chi connectivity index (χ2n) is 7.19. The molecule has 0 aromatic heterocycles. The van der Waals surface area contributed by atoms with Gasteiger partial charge in [-0.1, -0.05) is 25.7 Å². The van der Waals surface area contributed by atoms with Crippen LogP contribution in [0.25, 0.3) is 0 Å². The largest absolute Gasteiger partial charge is 0.306 e. The summed E-state index contributed by atoms with van der Waals surface area (Å²) in [6, 6.07) is 0. The molecule has 2 aliphatic rings. The molecule has 0 radical (unpaired) electrons. The Morgan fingerprint density at radius 3 is 2.42 bits per heavy atom. The van der Waals surface area contributed by atoms with Gasteiger partial charge in [0.25, 0.3) is 0 Å². The molecular weight excluding hydrogens is 252 g/mol. The molecule has 0 N–H and O–H groups in total. The Morgan fingerprint density at radius 2 is 1.89 bits per heavy atom. The number of hydrogen-bond acceptors (Lipinski definition) is 3. The van der Waals surface area contributed by atoms with Gasteiger partial charge < -0.3 is 9.80 Å². The lowest BCUT2D eigenvalue weighted by molar-refractivity contribution is 0.158. The molecule has 1 saturated heterocycles. The minimum absolute atomic E-state index is 0.499. The molecule has 2 fully saturated rings. The van der Waals surface area contributed by atoms with Crippen LogP contribution in [0.15, 0.2) is 0 Å². The van der Waals surface area contributed by atoms with E-state index in [0.717, 1.165) is 11.7 Å². The van der Waals surface area contributed by atoms with Crippen molar-refractivity contribution in [3.05, 3.63) is 0 Å². The van der Waals surface area contributed by atoms with Crippen molar-refractivity contribution in [2.45, 2.75) is 44.9 Å². The van der Waals surface area contributed by atoms with Gasteiger partial charge >= 0.3 is 0 Å². The van der Waals surface area contributed by atoms with Crippen LogP contribution in [0.1, 0.15) is 44.9 Å². The van der Waals surface area contributed by atoms with Gasteiger partial charge in [-0.25, -0.2) is 0 Å². The van der Waals surface area contributed by atoms with Gasteiger partial charge in [0.2, 0.25) is 0 Å². The smallest absolute Gasteiger partial charge is 0.00429 e. The lowest BCUT2D eigenvalue weighted by Gasteiger charge is -2.36. The van der Waals surface area contributed by atoms with Crippen LogP contribution >= 0.6 is 12.6 Å². The third kappa shape index (κ3) is 4.64. The molecular formula is C16H32N2S. The van der Waals surface area contributed by atoms with E-state index in [9.17, 15) is 0 Å². The number of likely N-dealkylation sites (tertiary alicyclic amines) is 1. The summed E-state index contributed by atoms with van der Waals surface area (Å²) in [5.74, 6) is 1.96. The van der Waals surface area contributed by atoms with Crippen molar-refractivity contribution in [3.8, 4) is 0 Å². The summed E-state index contributed by atoms with van der Waals surface area (Å²) in [4.78, 5) is 5.07. The zero-order chi connectivity index (χ0) is 13.7. The van der Waals surface area contributed by atoms with E-state index < -0.39 is 0 Å². The van der Waals surface area contributed by atoms with Crippen molar-refractivity contribution in [1.29, 1.82) is 0 Å². The quantitative estimate of drug-likeness (QED) is 0.612. The summed E-state index contributed by atoms with van der Waals surface area (Å²) in [6.45, 7) is 5.12. The van der Waals surface area contributed by atoms with Crippen LogP contribution in [-0.4, -0.2) is 55.8 Å². The maximum Gasteiger partial charge on any atom is 0.00429 e. The molecule has 0 bridgehead atoms. The molecule has 1 unspecified atom stereocenters. The molecule has 19 heavy (non-hydrogen) atoms. The molecule has 1 atom stereocenters. The number of nitrogens with zero attached hydrogens (tertiary/aromatic N) is 2. The van der Waals surface area contributed by atoms with Gasteiger partial charge in [-0.3, -0.25) is 0 Å². The van der Waals surface area contributed by atoms with Gasteiger partial charge in [-0.15, -0.1) is 0 Å². The standard InChI is InChI=1S/C16H32N2S/c1-17-10-7-15(11-17)12-18(2)13-16(14-19)8-5-3-4-6-9-16/h15,19H,3-14H2,1-2H3. The van der Waals surface area contributed by atoms with E-state index in [1.807, 2.05) is 0 Å². The molecule has 0 spiro atoms. The Balaban J connectivity index is 1.82. The van der Waals surface area contributed by atoms with Crippen LogP contribution < -0.4 is 0 Å². The monoisotopic (exact) mass is 284 g/mol. The molecule has 0 aromatic carbocycles. The van der Waals surface area contributed by atoms with E-state index in [-0.39, 0.29) is 0 Å². The SMILES string of the molecule is CN1CCC(CN(C)CC2(CS)CCCCCC2)C1. The first kappa shape index (κ1) is 15.7. The molecule has 0 aromatic rings. The molecule has 2 rings (SSSR count). The fourth-order valence-corrected chi connectivity index (χ4v) is 4.51. The zero-order valence-corrected chi connectivity index (χ0v) is 13.8. The molecule has 1 saturated carbocycles. The molecule has 112 valence electrons. The number of rotatable bonds is 5. The Bertz CT molecular complexity index is 261. The summed E-state index contributed by atoms with van der Waals surface area (Å²) in [5.41, 5.74) is 0.499. The second-order valence-corrected chi connectivity index (χ2v) is 7.50. The van der Waals surface area contributed by atoms with E-state index >= 15 is 0 Å². The average molecular weight is 285 g/mol. The lowest BCUT2D eigenvalue weighted by Crippen LogP contribution is -2.39. The summed E-state index contributed by atoms with van der Waals surface area (Å²) in [6.07, 6.45) is 9.88. The normalized spacial score (nSPS) is 28.7. The fourth-order valence-electron chi connectivity index (χ4n) is 4.10. The first-order chi connectivity index (χ1) is 9.13. The molecule has 0 amide bonds. The van der Waals surface area contributed by atoms with Crippen LogP contribution in [0.2, 0.25) is 0 Å². The van der Waals surface area contributed by atoms with Gasteiger partial charge in [-0.2, -0.15) is 12.6 Å². The Kier molecular flexibility index (Phi) is 6.04. The van der Waals surface area contributed by atoms with Gasteiger partial charge in [0.15, 0.2) is 0 Å². The second kappa shape index (κ2) is 7.33. The third-order valence-electron chi connectivity index (χ3n) is 5.16. The highest BCUT2D eigenvalue weighted by Crippen LogP contribution is 2.37. The first-order valence-corrected chi connectivity index (χ1v) is 8.75. The van der Waals surface area contributed by atoms with Gasteiger partial charge in [0.1, 0.15) is 0 Å². The fraction of sp³-hybridized carbons (Fsp3) is 1.00. The van der Waals surface area contributed by atoms with Crippen molar-refractivity contribution in [2.24, 2.45) is 11.3 Å². The van der Waals surface area contributed by atoms with Crippen molar-refractivity contribution >= 4 is 12.6 Å². The highest BCUT2D eigenvalue weighted by Gasteiger charge is 2.31. The predicted octanol–water partition coefficient (Wildman–Crippen LogP) is 3.14. The number of thiol groups is 1. The van der Waals surface area contributed by atoms with Crippen molar-refractivity contribution in [1.82, 2.24) is 9.80 Å². The van der Waals surface area contributed by atoms with Crippen LogP contribution in [0.5, 0.6) is 0 Å². The number of hydrogen-bond donors (Lipinski definition) is 1. The summed E-state index contributed by atoms with van der Waals surface area (Å²) in [7, 11) is 4.58. The summed E-state index contributed by atoms with van der Waals surface area (Å²) in [5, 5.41) is 0. The molecule has 3 heteroatoms. The Labute approximate surface area is 125 Å². The van der Waals surface area contributed by atoms with Crippen LogP contribution in [0, 0.1) is 11.3 Å². The van der Waals surface area contributed by atoms with Crippen molar-refractivity contribution in [3.63, 3.8) is 0 Å². The van der Waals surface area contributed by atoms with E-state index in [2.05, 4.69) is 23.9 Å². The van der Waals surface area contributed by atoms with E-state index in [1.165, 1.54) is 71.1 Å². The van der Waals surface area contributed by atoms with Crippen LogP contribution in [0.4, 0.5) is 0 Å². The van der Waals surface area contributed by atoms with Crippen LogP contribution in [-0.2, 0) is 0 Å². The summed E-state index contributed by atoms with van der Waals surface area (Å²) >= 11 is 4.70. The predicted molar refractivity (Wildman–Crippen MR) is 87.1 cm³/mol. The van der Waals surface area contributed by atoms with Crippen LogP contribution in [0.3, 0.4) is 0 Å². The Morgan fingerprint density at radius 1 is 1.21 bits per heavy atom. The summed E-state index contributed by atoms with van der Waals surface area (Å²) < 4.78 is 0. The zero-order valence-electron chi connectivity index (χ0n) is 12.9. The maximum absolute atomic E-state index is 4.70. The van der Waals surface area contributed by atoms with Crippen molar-refractivity contribution < 1.29 is 0 Å². The van der Waals surface area contributed by atoms with E-state index in [4.69, 9.17) is 12.6 Å². The van der Waals surface area contributed by atoms with Gasteiger partial charge in [0.05, 0.1) is 0 Å². The topological polar surface area (TPSA) is 6.48 Å². The first-order valence-electron chi connectivity index (χ1n) is 8.11. The average Bonchev–Trinajstić information content (AvgIpc) is 2.65. The van der Waals surface area contributed by atoms with Crippen molar-refractivity contribution in [2.75, 3.05) is 46.0 Å². The molecule has 1 heterocycles. The third-order valence-corrected chi connectivity index (χ3v) is 5.83. The molecule has 2 nitrogen and oxygen atoms in total.